The monoisotopic (exact) mass is 254 g/mol. The van der Waals surface area contributed by atoms with E-state index in [4.69, 9.17) is 14.9 Å². The van der Waals surface area contributed by atoms with Gasteiger partial charge in [0.2, 0.25) is 0 Å². The summed E-state index contributed by atoms with van der Waals surface area (Å²) in [7, 11) is 0. The van der Waals surface area contributed by atoms with Gasteiger partial charge < -0.3 is 14.9 Å². The van der Waals surface area contributed by atoms with E-state index >= 15 is 0 Å². The fourth-order valence-corrected chi connectivity index (χ4v) is 2.04. The molecule has 0 fully saturated rings. The first-order valence-corrected chi connectivity index (χ1v) is 6.15. The van der Waals surface area contributed by atoms with Crippen LogP contribution in [-0.2, 0) is 0 Å². The Bertz CT molecular complexity index is 702. The Morgan fingerprint density at radius 2 is 1.84 bits per heavy atom. The summed E-state index contributed by atoms with van der Waals surface area (Å²) >= 11 is 0. The first kappa shape index (κ1) is 11.6. The number of hydrogen-bond acceptors (Lipinski definition) is 4. The molecule has 2 N–H and O–H groups in total. The molecule has 4 heteroatoms. The van der Waals surface area contributed by atoms with E-state index in [1.165, 1.54) is 0 Å². The van der Waals surface area contributed by atoms with Crippen LogP contribution in [-0.4, -0.2) is 11.6 Å². The molecule has 0 amide bonds. The molecule has 3 rings (SSSR count). The third-order valence-electron chi connectivity index (χ3n) is 2.90. The molecule has 2 aromatic carbocycles. The lowest BCUT2D eigenvalue weighted by Gasteiger charge is -2.05. The van der Waals surface area contributed by atoms with Gasteiger partial charge in [-0.25, -0.2) is 0 Å². The van der Waals surface area contributed by atoms with Crippen molar-refractivity contribution in [1.29, 1.82) is 0 Å². The van der Waals surface area contributed by atoms with E-state index in [1.807, 2.05) is 49.4 Å². The number of anilines is 1. The Morgan fingerprint density at radius 3 is 2.58 bits per heavy atom. The lowest BCUT2D eigenvalue weighted by Crippen LogP contribution is -1.90. The average Bonchev–Trinajstić information content (AvgIpc) is 2.79. The van der Waals surface area contributed by atoms with Crippen LogP contribution < -0.4 is 10.5 Å². The van der Waals surface area contributed by atoms with E-state index in [0.29, 0.717) is 12.2 Å². The molecule has 0 aliphatic rings. The highest BCUT2D eigenvalue weighted by Gasteiger charge is 2.05. The van der Waals surface area contributed by atoms with Crippen molar-refractivity contribution in [3.8, 4) is 16.9 Å². The van der Waals surface area contributed by atoms with Gasteiger partial charge in [-0.15, -0.1) is 0 Å². The minimum absolute atomic E-state index is 0.193. The molecule has 96 valence electrons. The molecule has 0 aliphatic heterocycles. The zero-order chi connectivity index (χ0) is 13.2. The van der Waals surface area contributed by atoms with Crippen LogP contribution >= 0.6 is 0 Å². The molecule has 4 nitrogen and oxygen atoms in total. The van der Waals surface area contributed by atoms with Gasteiger partial charge >= 0.3 is 0 Å². The number of nitrogen functional groups attached to an aromatic ring is 1. The van der Waals surface area contributed by atoms with E-state index in [2.05, 4.69) is 4.98 Å². The van der Waals surface area contributed by atoms with E-state index < -0.39 is 0 Å². The van der Waals surface area contributed by atoms with Crippen LogP contribution in [0.1, 0.15) is 6.92 Å². The zero-order valence-corrected chi connectivity index (χ0v) is 10.6. The summed E-state index contributed by atoms with van der Waals surface area (Å²) in [5, 5.41) is 0. The van der Waals surface area contributed by atoms with Crippen molar-refractivity contribution in [1.82, 2.24) is 4.98 Å². The van der Waals surface area contributed by atoms with E-state index in [0.717, 1.165) is 22.4 Å². The smallest absolute Gasteiger partial charge is 0.292 e. The van der Waals surface area contributed by atoms with Crippen molar-refractivity contribution in [2.24, 2.45) is 0 Å². The molecule has 0 saturated heterocycles. The molecule has 0 unspecified atom stereocenters. The minimum Gasteiger partial charge on any atom is -0.494 e. The van der Waals surface area contributed by atoms with Gasteiger partial charge in [0.05, 0.1) is 6.61 Å². The van der Waals surface area contributed by atoms with Gasteiger partial charge in [-0.2, -0.15) is 4.98 Å². The number of aromatic nitrogens is 1. The van der Waals surface area contributed by atoms with Gasteiger partial charge in [0.1, 0.15) is 11.3 Å². The maximum absolute atomic E-state index is 5.54. The molecule has 1 aromatic heterocycles. The number of nitrogens with zero attached hydrogens (tertiary/aromatic N) is 1. The van der Waals surface area contributed by atoms with Crippen LogP contribution in [0.4, 0.5) is 6.01 Å². The largest absolute Gasteiger partial charge is 0.494 e. The quantitative estimate of drug-likeness (QED) is 0.777. The lowest BCUT2D eigenvalue weighted by molar-refractivity contribution is 0.340. The molecule has 0 radical (unpaired) electrons. The average molecular weight is 254 g/mol. The molecule has 0 bridgehead atoms. The molecule has 0 saturated carbocycles. The van der Waals surface area contributed by atoms with Crippen LogP contribution in [0.2, 0.25) is 0 Å². The van der Waals surface area contributed by atoms with Crippen molar-refractivity contribution in [3.63, 3.8) is 0 Å². The van der Waals surface area contributed by atoms with Crippen LogP contribution in [0.5, 0.6) is 5.75 Å². The highest BCUT2D eigenvalue weighted by Crippen LogP contribution is 2.26. The van der Waals surface area contributed by atoms with Crippen molar-refractivity contribution >= 4 is 17.1 Å². The maximum atomic E-state index is 5.54. The first-order valence-electron chi connectivity index (χ1n) is 6.15. The number of rotatable bonds is 3. The molecule has 19 heavy (non-hydrogen) atoms. The fourth-order valence-electron chi connectivity index (χ4n) is 2.04. The van der Waals surface area contributed by atoms with Crippen molar-refractivity contribution in [2.75, 3.05) is 12.3 Å². The Balaban J connectivity index is 1.98. The minimum atomic E-state index is 0.193. The van der Waals surface area contributed by atoms with Gasteiger partial charge in [-0.3, -0.25) is 0 Å². The summed E-state index contributed by atoms with van der Waals surface area (Å²) < 4.78 is 10.7. The number of hydrogen-bond donors (Lipinski definition) is 1. The topological polar surface area (TPSA) is 61.3 Å². The van der Waals surface area contributed by atoms with Crippen LogP contribution in [0.3, 0.4) is 0 Å². The van der Waals surface area contributed by atoms with Gasteiger partial charge in [0.15, 0.2) is 5.58 Å². The van der Waals surface area contributed by atoms with E-state index in [9.17, 15) is 0 Å². The molecule has 1 heterocycles. The Morgan fingerprint density at radius 1 is 1.11 bits per heavy atom. The molecule has 0 spiro atoms. The second kappa shape index (κ2) is 4.65. The van der Waals surface area contributed by atoms with Crippen molar-refractivity contribution in [2.45, 2.75) is 6.92 Å². The summed E-state index contributed by atoms with van der Waals surface area (Å²) in [6, 6.07) is 14.0. The van der Waals surface area contributed by atoms with Crippen LogP contribution in [0.15, 0.2) is 46.9 Å². The van der Waals surface area contributed by atoms with Crippen LogP contribution in [0.25, 0.3) is 22.2 Å². The van der Waals surface area contributed by atoms with Gasteiger partial charge in [0.25, 0.3) is 6.01 Å². The number of nitrogens with two attached hydrogens (primary N) is 1. The number of benzene rings is 2. The third kappa shape index (κ3) is 2.25. The molecular formula is C15H14N2O2. The van der Waals surface area contributed by atoms with E-state index in [1.54, 1.807) is 0 Å². The second-order valence-electron chi connectivity index (χ2n) is 4.19. The highest BCUT2D eigenvalue weighted by molar-refractivity contribution is 5.81. The van der Waals surface area contributed by atoms with Gasteiger partial charge in [0, 0.05) is 0 Å². The highest BCUT2D eigenvalue weighted by atomic mass is 16.5. The summed E-state index contributed by atoms with van der Waals surface area (Å²) in [6.07, 6.45) is 0. The first-order chi connectivity index (χ1) is 9.26. The predicted octanol–water partition coefficient (Wildman–Crippen LogP) is 3.48. The Hall–Kier alpha value is -2.49. The molecule has 3 aromatic rings. The Kier molecular flexibility index (Phi) is 2.83. The number of oxazole rings is 1. The summed E-state index contributed by atoms with van der Waals surface area (Å²) in [4.78, 5) is 4.13. The number of ether oxygens (including phenoxy) is 1. The second-order valence-corrected chi connectivity index (χ2v) is 4.19. The Labute approximate surface area is 110 Å². The van der Waals surface area contributed by atoms with Crippen molar-refractivity contribution in [3.05, 3.63) is 42.5 Å². The normalized spacial score (nSPS) is 10.8. The van der Waals surface area contributed by atoms with Crippen molar-refractivity contribution < 1.29 is 9.15 Å². The molecule has 0 aliphatic carbocycles. The van der Waals surface area contributed by atoms with Gasteiger partial charge in [-0.1, -0.05) is 18.2 Å². The zero-order valence-electron chi connectivity index (χ0n) is 10.6. The summed E-state index contributed by atoms with van der Waals surface area (Å²) in [5.41, 5.74) is 9.18. The summed E-state index contributed by atoms with van der Waals surface area (Å²) in [6.45, 7) is 2.64. The summed E-state index contributed by atoms with van der Waals surface area (Å²) in [5.74, 6) is 0.873. The lowest BCUT2D eigenvalue weighted by atomic mass is 10.1. The molecule has 0 atom stereocenters. The van der Waals surface area contributed by atoms with E-state index in [-0.39, 0.29) is 6.01 Å². The standard InChI is InChI=1S/C15H14N2O2/c1-2-18-12-6-3-10(4-7-12)11-5-8-14-13(9-11)17-15(16)19-14/h3-9H,2H2,1H3,(H2,16,17). The third-order valence-corrected chi connectivity index (χ3v) is 2.90. The number of fused-ring (bicyclic) bond motifs is 1. The van der Waals surface area contributed by atoms with Crippen LogP contribution in [0, 0.1) is 0 Å². The fraction of sp³-hybridized carbons (Fsp3) is 0.133. The molecular weight excluding hydrogens is 240 g/mol. The maximum Gasteiger partial charge on any atom is 0.292 e. The SMILES string of the molecule is CCOc1ccc(-c2ccc3oc(N)nc3c2)cc1. The predicted molar refractivity (Wildman–Crippen MR) is 75.0 cm³/mol. The van der Waals surface area contributed by atoms with Gasteiger partial charge in [-0.05, 0) is 42.3 Å².